The molecular formula is C17H18F3N5O. The Morgan fingerprint density at radius 3 is 2.42 bits per heavy atom. The Balaban J connectivity index is 1.67. The van der Waals surface area contributed by atoms with E-state index < -0.39 is 11.7 Å². The monoisotopic (exact) mass is 365 g/mol. The lowest BCUT2D eigenvalue weighted by Gasteiger charge is -2.13. The highest BCUT2D eigenvalue weighted by molar-refractivity contribution is 5.54. The van der Waals surface area contributed by atoms with Gasteiger partial charge in [0, 0.05) is 30.9 Å². The molecule has 6 nitrogen and oxygen atoms in total. The summed E-state index contributed by atoms with van der Waals surface area (Å²) in [6, 6.07) is 4.67. The molecule has 0 aliphatic heterocycles. The van der Waals surface area contributed by atoms with E-state index >= 15 is 0 Å². The molecule has 0 unspecified atom stereocenters. The second-order valence-electron chi connectivity index (χ2n) is 6.17. The Labute approximate surface area is 148 Å². The quantitative estimate of drug-likeness (QED) is 0.693. The number of rotatable bonds is 5. The van der Waals surface area contributed by atoms with Crippen molar-refractivity contribution in [2.24, 2.45) is 7.05 Å². The van der Waals surface area contributed by atoms with Crippen LogP contribution in [0.3, 0.4) is 0 Å². The molecule has 1 aromatic carbocycles. The number of hydrogen-bond acceptors (Lipinski definition) is 5. The molecule has 0 saturated carbocycles. The molecule has 0 spiro atoms. The molecular weight excluding hydrogens is 347 g/mol. The lowest BCUT2D eigenvalue weighted by Crippen LogP contribution is -2.17. The average Bonchev–Trinajstić information content (AvgIpc) is 3.13. The van der Waals surface area contributed by atoms with Crippen LogP contribution < -0.4 is 0 Å². The van der Waals surface area contributed by atoms with E-state index in [1.54, 1.807) is 4.68 Å². The summed E-state index contributed by atoms with van der Waals surface area (Å²) in [4.78, 5) is 6.25. The van der Waals surface area contributed by atoms with Crippen LogP contribution in [0.25, 0.3) is 11.4 Å². The highest BCUT2D eigenvalue weighted by atomic mass is 19.4. The van der Waals surface area contributed by atoms with Gasteiger partial charge in [0.05, 0.1) is 17.8 Å². The van der Waals surface area contributed by atoms with Gasteiger partial charge in [0.15, 0.2) is 0 Å². The first-order valence-corrected chi connectivity index (χ1v) is 7.90. The average molecular weight is 365 g/mol. The number of alkyl halides is 3. The van der Waals surface area contributed by atoms with Crippen molar-refractivity contribution in [3.05, 3.63) is 53.2 Å². The molecule has 0 N–H and O–H groups in total. The Kier molecular flexibility index (Phi) is 4.82. The normalized spacial score (nSPS) is 12.1. The van der Waals surface area contributed by atoms with Crippen molar-refractivity contribution in [2.45, 2.75) is 26.2 Å². The third-order valence-corrected chi connectivity index (χ3v) is 3.90. The molecule has 138 valence electrons. The maximum absolute atomic E-state index is 12.6. The van der Waals surface area contributed by atoms with Crippen LogP contribution in [0.1, 0.15) is 22.7 Å². The zero-order valence-electron chi connectivity index (χ0n) is 14.6. The molecule has 2 heterocycles. The van der Waals surface area contributed by atoms with Gasteiger partial charge in [-0.25, -0.2) is 0 Å². The summed E-state index contributed by atoms with van der Waals surface area (Å²) >= 11 is 0. The van der Waals surface area contributed by atoms with Gasteiger partial charge in [-0.1, -0.05) is 17.3 Å². The third kappa shape index (κ3) is 4.10. The minimum atomic E-state index is -4.37. The Morgan fingerprint density at radius 2 is 1.85 bits per heavy atom. The largest absolute Gasteiger partial charge is 0.416 e. The van der Waals surface area contributed by atoms with Crippen molar-refractivity contribution in [3.63, 3.8) is 0 Å². The summed E-state index contributed by atoms with van der Waals surface area (Å²) in [6.45, 7) is 3.03. The highest BCUT2D eigenvalue weighted by Gasteiger charge is 2.30. The standard InChI is InChI=1S/C17H18F3N5O/c1-11-13(9-25(3)22-11)8-24(2)10-15-21-16(23-26-15)12-4-6-14(7-5-12)17(18,19)20/h4-7,9H,8,10H2,1-3H3. The van der Waals surface area contributed by atoms with Gasteiger partial charge in [-0.2, -0.15) is 23.3 Å². The third-order valence-electron chi connectivity index (χ3n) is 3.90. The second-order valence-corrected chi connectivity index (χ2v) is 6.17. The molecule has 0 atom stereocenters. The highest BCUT2D eigenvalue weighted by Crippen LogP contribution is 2.30. The molecule has 0 saturated heterocycles. The molecule has 0 aliphatic rings. The molecule has 0 bridgehead atoms. The zero-order chi connectivity index (χ0) is 18.9. The van der Waals surface area contributed by atoms with E-state index in [-0.39, 0.29) is 5.82 Å². The van der Waals surface area contributed by atoms with E-state index in [9.17, 15) is 13.2 Å². The van der Waals surface area contributed by atoms with Gasteiger partial charge in [0.25, 0.3) is 0 Å². The van der Waals surface area contributed by atoms with Crippen molar-refractivity contribution >= 4 is 0 Å². The minimum absolute atomic E-state index is 0.264. The van der Waals surface area contributed by atoms with Crippen LogP contribution >= 0.6 is 0 Å². The number of benzene rings is 1. The first kappa shape index (κ1) is 18.1. The zero-order valence-corrected chi connectivity index (χ0v) is 14.6. The predicted molar refractivity (Wildman–Crippen MR) is 87.9 cm³/mol. The smallest absolute Gasteiger partial charge is 0.338 e. The lowest BCUT2D eigenvalue weighted by molar-refractivity contribution is -0.137. The summed E-state index contributed by atoms with van der Waals surface area (Å²) in [7, 11) is 3.78. The van der Waals surface area contributed by atoms with E-state index in [0.717, 1.165) is 23.4 Å². The predicted octanol–water partition coefficient (Wildman–Crippen LogP) is 3.43. The summed E-state index contributed by atoms with van der Waals surface area (Å²) in [5.41, 5.74) is 1.81. The van der Waals surface area contributed by atoms with Crippen LogP contribution in [0.15, 0.2) is 35.0 Å². The van der Waals surface area contributed by atoms with Crippen LogP contribution in [-0.4, -0.2) is 31.9 Å². The molecule has 9 heteroatoms. The summed E-state index contributed by atoms with van der Waals surface area (Å²) in [5.74, 6) is 0.656. The van der Waals surface area contributed by atoms with Crippen LogP contribution in [-0.2, 0) is 26.3 Å². The van der Waals surface area contributed by atoms with Crippen molar-refractivity contribution in [2.75, 3.05) is 7.05 Å². The number of nitrogens with zero attached hydrogens (tertiary/aromatic N) is 5. The molecule has 3 aromatic rings. The van der Waals surface area contributed by atoms with Gasteiger partial charge in [-0.05, 0) is 26.1 Å². The first-order valence-electron chi connectivity index (χ1n) is 7.90. The van der Waals surface area contributed by atoms with Crippen LogP contribution in [0.5, 0.6) is 0 Å². The van der Waals surface area contributed by atoms with Crippen LogP contribution in [0, 0.1) is 6.92 Å². The number of aryl methyl sites for hydroxylation is 2. The van der Waals surface area contributed by atoms with Crippen LogP contribution in [0.4, 0.5) is 13.2 Å². The number of halogens is 3. The van der Waals surface area contributed by atoms with Crippen molar-refractivity contribution in [3.8, 4) is 11.4 Å². The number of hydrogen-bond donors (Lipinski definition) is 0. The van der Waals surface area contributed by atoms with Gasteiger partial charge in [-0.15, -0.1) is 0 Å². The maximum atomic E-state index is 12.6. The van der Waals surface area contributed by atoms with Crippen LogP contribution in [0.2, 0.25) is 0 Å². The summed E-state index contributed by atoms with van der Waals surface area (Å²) < 4.78 is 44.8. The van der Waals surface area contributed by atoms with Crippen molar-refractivity contribution < 1.29 is 17.7 Å². The second kappa shape index (κ2) is 6.91. The molecule has 0 aliphatic carbocycles. The SMILES string of the molecule is Cc1nn(C)cc1CN(C)Cc1nc(-c2ccc(C(F)(F)F)cc2)no1. The molecule has 3 rings (SSSR count). The van der Waals surface area contributed by atoms with Gasteiger partial charge in [0.2, 0.25) is 11.7 Å². The Morgan fingerprint density at radius 1 is 1.15 bits per heavy atom. The van der Waals surface area contributed by atoms with Gasteiger partial charge in [-0.3, -0.25) is 9.58 Å². The van der Waals surface area contributed by atoms with Gasteiger partial charge < -0.3 is 4.52 Å². The number of aromatic nitrogens is 4. The van der Waals surface area contributed by atoms with E-state index in [2.05, 4.69) is 15.2 Å². The van der Waals surface area contributed by atoms with E-state index in [1.165, 1.54) is 12.1 Å². The fourth-order valence-corrected chi connectivity index (χ4v) is 2.63. The van der Waals surface area contributed by atoms with E-state index in [1.807, 2.05) is 32.1 Å². The van der Waals surface area contributed by atoms with Gasteiger partial charge >= 0.3 is 6.18 Å². The van der Waals surface area contributed by atoms with Gasteiger partial charge in [0.1, 0.15) is 0 Å². The maximum Gasteiger partial charge on any atom is 0.416 e. The molecule has 26 heavy (non-hydrogen) atoms. The fourth-order valence-electron chi connectivity index (χ4n) is 2.63. The molecule has 0 amide bonds. The summed E-state index contributed by atoms with van der Waals surface area (Å²) in [5, 5.41) is 8.15. The minimum Gasteiger partial charge on any atom is -0.338 e. The van der Waals surface area contributed by atoms with E-state index in [0.29, 0.717) is 24.5 Å². The Bertz CT molecular complexity index is 883. The Hall–Kier alpha value is -2.68. The molecule has 0 fully saturated rings. The summed E-state index contributed by atoms with van der Waals surface area (Å²) in [6.07, 6.45) is -2.42. The fraction of sp³-hybridized carbons (Fsp3) is 0.353. The topological polar surface area (TPSA) is 60.0 Å². The molecule has 2 aromatic heterocycles. The lowest BCUT2D eigenvalue weighted by atomic mass is 10.1. The van der Waals surface area contributed by atoms with Crippen molar-refractivity contribution in [1.29, 1.82) is 0 Å². The van der Waals surface area contributed by atoms with E-state index in [4.69, 9.17) is 4.52 Å². The molecule has 0 radical (unpaired) electrons. The van der Waals surface area contributed by atoms with Crippen molar-refractivity contribution in [1.82, 2.24) is 24.8 Å². The first-order chi connectivity index (χ1) is 12.2.